The minimum Gasteiger partial charge on any atom is -0.351 e. The fourth-order valence-corrected chi connectivity index (χ4v) is 2.99. The van der Waals surface area contributed by atoms with Crippen molar-refractivity contribution in [1.82, 2.24) is 10.1 Å². The first-order valence-corrected chi connectivity index (χ1v) is 8.38. The quantitative estimate of drug-likeness (QED) is 0.549. The minimum absolute atomic E-state index is 0.155. The molecular formula is C20H14ClN3O2. The predicted molar refractivity (Wildman–Crippen MR) is 101 cm³/mol. The molecule has 26 heavy (non-hydrogen) atoms. The molecule has 0 spiro atoms. The molecule has 0 bridgehead atoms. The van der Waals surface area contributed by atoms with E-state index in [0.29, 0.717) is 16.4 Å². The van der Waals surface area contributed by atoms with Crippen LogP contribution in [0, 0.1) is 6.92 Å². The zero-order chi connectivity index (χ0) is 18.1. The molecule has 0 fully saturated rings. The second-order valence-electron chi connectivity index (χ2n) is 5.86. The number of pyridine rings is 1. The van der Waals surface area contributed by atoms with Crippen molar-refractivity contribution in [1.29, 1.82) is 0 Å². The van der Waals surface area contributed by atoms with E-state index in [1.807, 2.05) is 30.3 Å². The average Bonchev–Trinajstić information content (AvgIpc) is 3.09. The van der Waals surface area contributed by atoms with Gasteiger partial charge in [-0.2, -0.15) is 0 Å². The zero-order valence-corrected chi connectivity index (χ0v) is 14.6. The molecule has 6 heteroatoms. The van der Waals surface area contributed by atoms with Crippen molar-refractivity contribution in [2.45, 2.75) is 6.92 Å². The molecule has 0 saturated carbocycles. The summed E-state index contributed by atoms with van der Waals surface area (Å²) in [4.78, 5) is 16.8. The highest BCUT2D eigenvalue weighted by molar-refractivity contribution is 6.33. The number of carbonyl (C=O) groups is 1. The van der Waals surface area contributed by atoms with Gasteiger partial charge in [-0.05, 0) is 36.6 Å². The lowest BCUT2D eigenvalue weighted by Gasteiger charge is -2.10. The highest BCUT2D eigenvalue weighted by atomic mass is 35.5. The molecule has 4 rings (SSSR count). The highest BCUT2D eigenvalue weighted by Gasteiger charge is 2.14. The molecule has 2 aromatic heterocycles. The van der Waals surface area contributed by atoms with Crippen molar-refractivity contribution in [2.75, 3.05) is 5.32 Å². The van der Waals surface area contributed by atoms with Gasteiger partial charge in [0.25, 0.3) is 5.91 Å². The van der Waals surface area contributed by atoms with Crippen LogP contribution in [0.2, 0.25) is 5.02 Å². The van der Waals surface area contributed by atoms with Crippen LogP contribution < -0.4 is 5.32 Å². The van der Waals surface area contributed by atoms with Crippen LogP contribution in [-0.4, -0.2) is 16.0 Å². The smallest absolute Gasteiger partial charge is 0.294 e. The van der Waals surface area contributed by atoms with Gasteiger partial charge in [0.05, 0.1) is 16.4 Å². The molecule has 0 atom stereocenters. The summed E-state index contributed by atoms with van der Waals surface area (Å²) in [5.41, 5.74) is 2.75. The Labute approximate surface area is 154 Å². The summed E-state index contributed by atoms with van der Waals surface area (Å²) in [5, 5.41) is 9.14. The SMILES string of the molecule is Cc1cc(C(=O)Nc2ccc(Cl)c(-c3nccc4ccccc34)c2)on1. The van der Waals surface area contributed by atoms with Crippen LogP contribution in [0.15, 0.2) is 65.3 Å². The lowest BCUT2D eigenvalue weighted by molar-refractivity contribution is 0.0988. The molecule has 1 amide bonds. The number of fused-ring (bicyclic) bond motifs is 1. The molecule has 0 saturated heterocycles. The Morgan fingerprint density at radius 1 is 1.12 bits per heavy atom. The lowest BCUT2D eigenvalue weighted by atomic mass is 10.0. The number of benzene rings is 2. The molecule has 2 heterocycles. The summed E-state index contributed by atoms with van der Waals surface area (Å²) in [6.07, 6.45) is 1.75. The average molecular weight is 364 g/mol. The first-order chi connectivity index (χ1) is 12.6. The Morgan fingerprint density at radius 2 is 1.96 bits per heavy atom. The molecule has 4 aromatic rings. The number of anilines is 1. The van der Waals surface area contributed by atoms with Crippen LogP contribution in [0.5, 0.6) is 0 Å². The van der Waals surface area contributed by atoms with Crippen molar-refractivity contribution in [3.63, 3.8) is 0 Å². The van der Waals surface area contributed by atoms with Crippen LogP contribution >= 0.6 is 11.6 Å². The fourth-order valence-electron chi connectivity index (χ4n) is 2.78. The van der Waals surface area contributed by atoms with E-state index >= 15 is 0 Å². The maximum absolute atomic E-state index is 12.3. The highest BCUT2D eigenvalue weighted by Crippen LogP contribution is 2.33. The predicted octanol–water partition coefficient (Wildman–Crippen LogP) is 5.10. The molecule has 0 aliphatic heterocycles. The zero-order valence-electron chi connectivity index (χ0n) is 13.9. The third-order valence-electron chi connectivity index (χ3n) is 4.00. The fraction of sp³-hybridized carbons (Fsp3) is 0.0500. The number of amides is 1. The van der Waals surface area contributed by atoms with Crippen LogP contribution in [0.4, 0.5) is 5.69 Å². The maximum atomic E-state index is 12.3. The first kappa shape index (κ1) is 16.3. The van der Waals surface area contributed by atoms with E-state index in [0.717, 1.165) is 22.0 Å². The van der Waals surface area contributed by atoms with E-state index in [4.69, 9.17) is 16.1 Å². The molecule has 128 valence electrons. The number of carbonyl (C=O) groups excluding carboxylic acids is 1. The number of nitrogens with zero attached hydrogens (tertiary/aromatic N) is 2. The molecule has 1 N–H and O–H groups in total. The van der Waals surface area contributed by atoms with E-state index < -0.39 is 0 Å². The molecule has 5 nitrogen and oxygen atoms in total. The van der Waals surface area contributed by atoms with Crippen molar-refractivity contribution >= 4 is 34.0 Å². The van der Waals surface area contributed by atoms with E-state index in [-0.39, 0.29) is 11.7 Å². The molecular weight excluding hydrogens is 350 g/mol. The van der Waals surface area contributed by atoms with Crippen LogP contribution in [0.1, 0.15) is 16.2 Å². The summed E-state index contributed by atoms with van der Waals surface area (Å²) in [7, 11) is 0. The van der Waals surface area contributed by atoms with Gasteiger partial charge in [-0.15, -0.1) is 0 Å². The largest absolute Gasteiger partial charge is 0.351 e. The van der Waals surface area contributed by atoms with Gasteiger partial charge in [0.2, 0.25) is 5.76 Å². The van der Waals surface area contributed by atoms with Gasteiger partial charge in [0.1, 0.15) is 0 Å². The first-order valence-electron chi connectivity index (χ1n) is 8.00. The molecule has 0 radical (unpaired) electrons. The lowest BCUT2D eigenvalue weighted by Crippen LogP contribution is -2.11. The summed E-state index contributed by atoms with van der Waals surface area (Å²) >= 11 is 6.41. The van der Waals surface area contributed by atoms with Crippen molar-refractivity contribution in [2.24, 2.45) is 0 Å². The normalized spacial score (nSPS) is 10.8. The summed E-state index contributed by atoms with van der Waals surface area (Å²) < 4.78 is 4.99. The Morgan fingerprint density at radius 3 is 2.77 bits per heavy atom. The van der Waals surface area contributed by atoms with Crippen LogP contribution in [0.3, 0.4) is 0 Å². The second-order valence-corrected chi connectivity index (χ2v) is 6.27. The number of nitrogens with one attached hydrogen (secondary N) is 1. The van der Waals surface area contributed by atoms with Gasteiger partial charge in [0, 0.05) is 28.9 Å². The number of aromatic nitrogens is 2. The molecule has 2 aromatic carbocycles. The van der Waals surface area contributed by atoms with Crippen molar-refractivity contribution in [3.8, 4) is 11.3 Å². The standard InChI is InChI=1S/C20H14ClN3O2/c1-12-10-18(26-24-12)20(25)23-14-6-7-17(21)16(11-14)19-15-5-3-2-4-13(15)8-9-22-19/h2-11H,1H3,(H,23,25). The number of rotatable bonds is 3. The number of hydrogen-bond donors (Lipinski definition) is 1. The maximum Gasteiger partial charge on any atom is 0.294 e. The minimum atomic E-state index is -0.371. The van der Waals surface area contributed by atoms with Gasteiger partial charge in [-0.25, -0.2) is 0 Å². The van der Waals surface area contributed by atoms with Gasteiger partial charge in [-0.1, -0.05) is 41.0 Å². The Balaban J connectivity index is 1.73. The van der Waals surface area contributed by atoms with Crippen molar-refractivity contribution < 1.29 is 9.32 Å². The summed E-state index contributed by atoms with van der Waals surface area (Å²) in [6.45, 7) is 1.76. The topological polar surface area (TPSA) is 68.0 Å². The van der Waals surface area contributed by atoms with Gasteiger partial charge in [0.15, 0.2) is 0 Å². The van der Waals surface area contributed by atoms with E-state index in [2.05, 4.69) is 15.5 Å². The third kappa shape index (κ3) is 3.05. The number of hydrogen-bond acceptors (Lipinski definition) is 4. The van der Waals surface area contributed by atoms with Gasteiger partial charge >= 0.3 is 0 Å². The third-order valence-corrected chi connectivity index (χ3v) is 4.33. The number of halogens is 1. The molecule has 0 aliphatic carbocycles. The Bertz CT molecular complexity index is 1120. The number of aryl methyl sites for hydroxylation is 1. The summed E-state index contributed by atoms with van der Waals surface area (Å²) in [5.74, 6) is -0.216. The molecule has 0 unspecified atom stereocenters. The Hall–Kier alpha value is -3.18. The summed E-state index contributed by atoms with van der Waals surface area (Å²) in [6, 6.07) is 16.8. The van der Waals surface area contributed by atoms with Crippen LogP contribution in [0.25, 0.3) is 22.0 Å². The molecule has 0 aliphatic rings. The second kappa shape index (κ2) is 6.61. The van der Waals surface area contributed by atoms with E-state index in [1.54, 1.807) is 37.4 Å². The van der Waals surface area contributed by atoms with Gasteiger partial charge in [-0.3, -0.25) is 9.78 Å². The Kier molecular flexibility index (Phi) is 4.14. The monoisotopic (exact) mass is 363 g/mol. The van der Waals surface area contributed by atoms with Crippen molar-refractivity contribution in [3.05, 3.63) is 77.3 Å². The van der Waals surface area contributed by atoms with Gasteiger partial charge < -0.3 is 9.84 Å². The van der Waals surface area contributed by atoms with E-state index in [9.17, 15) is 4.79 Å². The van der Waals surface area contributed by atoms with Crippen LogP contribution in [-0.2, 0) is 0 Å². The van der Waals surface area contributed by atoms with E-state index in [1.165, 1.54) is 0 Å².